The fourth-order valence-electron chi connectivity index (χ4n) is 1.07. The van der Waals surface area contributed by atoms with E-state index in [9.17, 15) is 4.79 Å². The van der Waals surface area contributed by atoms with Crippen LogP contribution in [0.1, 0.15) is 11.1 Å². The van der Waals surface area contributed by atoms with Crippen molar-refractivity contribution in [2.24, 2.45) is 0 Å². The highest BCUT2D eigenvalue weighted by atomic mass is 32.1. The van der Waals surface area contributed by atoms with Gasteiger partial charge in [0.25, 0.3) is 0 Å². The third-order valence-electron chi connectivity index (χ3n) is 1.71. The van der Waals surface area contributed by atoms with Gasteiger partial charge in [-0.05, 0) is 24.1 Å². The smallest absolute Gasteiger partial charge is 0.307 e. The largest absolute Gasteiger partial charge is 0.481 e. The van der Waals surface area contributed by atoms with Crippen LogP contribution in [0.3, 0.4) is 0 Å². The van der Waals surface area contributed by atoms with Gasteiger partial charge in [-0.2, -0.15) is 0 Å². The Labute approximate surface area is 76.6 Å². The maximum atomic E-state index is 10.4. The predicted molar refractivity (Wildman–Crippen MR) is 49.8 cm³/mol. The normalized spacial score (nSPS) is 9.83. The number of aryl methyl sites for hydroxylation is 1. The number of benzene rings is 1. The molecule has 0 spiro atoms. The van der Waals surface area contributed by atoms with Gasteiger partial charge < -0.3 is 5.11 Å². The van der Waals surface area contributed by atoms with Crippen LogP contribution in [0.5, 0.6) is 0 Å². The zero-order valence-corrected chi connectivity index (χ0v) is 7.64. The Morgan fingerprint density at radius 2 is 2.25 bits per heavy atom. The van der Waals surface area contributed by atoms with Gasteiger partial charge in [0.2, 0.25) is 0 Å². The quantitative estimate of drug-likeness (QED) is 0.685. The first kappa shape index (κ1) is 9.13. The minimum absolute atomic E-state index is 0.0471. The minimum atomic E-state index is -0.820. The summed E-state index contributed by atoms with van der Waals surface area (Å²) in [6.45, 7) is 1.89. The van der Waals surface area contributed by atoms with Gasteiger partial charge in [-0.15, -0.1) is 12.6 Å². The van der Waals surface area contributed by atoms with Crippen LogP contribution < -0.4 is 0 Å². The molecule has 0 bridgehead atoms. The van der Waals surface area contributed by atoms with Gasteiger partial charge in [-0.1, -0.05) is 12.1 Å². The van der Waals surface area contributed by atoms with Crippen LogP contribution >= 0.6 is 12.6 Å². The van der Waals surface area contributed by atoms with E-state index in [1.807, 2.05) is 19.1 Å². The van der Waals surface area contributed by atoms with Crippen LogP contribution in [0.4, 0.5) is 0 Å². The first-order valence-corrected chi connectivity index (χ1v) is 4.05. The number of carbonyl (C=O) groups is 1. The lowest BCUT2D eigenvalue weighted by molar-refractivity contribution is -0.136. The molecule has 64 valence electrons. The monoisotopic (exact) mass is 182 g/mol. The second kappa shape index (κ2) is 3.63. The van der Waals surface area contributed by atoms with Crippen molar-refractivity contribution in [3.63, 3.8) is 0 Å². The Morgan fingerprint density at radius 3 is 2.75 bits per heavy atom. The standard InChI is InChI=1S/C9H10O2S/c1-6-3-2-4-8(12)7(6)5-9(10)11/h2-4,12H,5H2,1H3,(H,10,11). The van der Waals surface area contributed by atoms with Gasteiger partial charge in [0.15, 0.2) is 0 Å². The number of carboxylic acid groups (broad SMARTS) is 1. The molecule has 0 heterocycles. The zero-order valence-electron chi connectivity index (χ0n) is 6.74. The number of rotatable bonds is 2. The summed E-state index contributed by atoms with van der Waals surface area (Å²) in [5.74, 6) is -0.820. The lowest BCUT2D eigenvalue weighted by Gasteiger charge is -2.04. The fraction of sp³-hybridized carbons (Fsp3) is 0.222. The molecule has 1 aromatic rings. The summed E-state index contributed by atoms with van der Waals surface area (Å²) < 4.78 is 0. The number of hydrogen-bond donors (Lipinski definition) is 2. The Bertz CT molecular complexity index is 287. The maximum Gasteiger partial charge on any atom is 0.307 e. The molecule has 0 amide bonds. The summed E-state index contributed by atoms with van der Waals surface area (Å²) in [6.07, 6.45) is 0.0471. The SMILES string of the molecule is Cc1cccc(S)c1CC(=O)O. The fourth-order valence-corrected chi connectivity index (χ4v) is 1.41. The molecule has 0 unspecified atom stereocenters. The van der Waals surface area contributed by atoms with E-state index in [1.54, 1.807) is 6.07 Å². The molecule has 0 aliphatic heterocycles. The molecule has 0 saturated heterocycles. The highest BCUT2D eigenvalue weighted by Crippen LogP contribution is 2.17. The van der Waals surface area contributed by atoms with E-state index in [2.05, 4.69) is 12.6 Å². The van der Waals surface area contributed by atoms with Crippen LogP contribution in [0.15, 0.2) is 23.1 Å². The molecule has 3 heteroatoms. The number of thiol groups is 1. The molecule has 1 N–H and O–H groups in total. The lowest BCUT2D eigenvalue weighted by Crippen LogP contribution is -2.02. The van der Waals surface area contributed by atoms with Crippen molar-refractivity contribution in [3.05, 3.63) is 29.3 Å². The van der Waals surface area contributed by atoms with E-state index in [0.29, 0.717) is 0 Å². The summed E-state index contributed by atoms with van der Waals surface area (Å²) in [6, 6.07) is 5.55. The van der Waals surface area contributed by atoms with Crippen molar-refractivity contribution in [3.8, 4) is 0 Å². The molecular weight excluding hydrogens is 172 g/mol. The minimum Gasteiger partial charge on any atom is -0.481 e. The van der Waals surface area contributed by atoms with Crippen LogP contribution in [0, 0.1) is 6.92 Å². The lowest BCUT2D eigenvalue weighted by atomic mass is 10.1. The first-order valence-electron chi connectivity index (χ1n) is 3.60. The van der Waals surface area contributed by atoms with Gasteiger partial charge >= 0.3 is 5.97 Å². The van der Waals surface area contributed by atoms with Gasteiger partial charge in [0.05, 0.1) is 6.42 Å². The van der Waals surface area contributed by atoms with Crippen LogP contribution in [-0.4, -0.2) is 11.1 Å². The molecule has 0 atom stereocenters. The van der Waals surface area contributed by atoms with E-state index >= 15 is 0 Å². The zero-order chi connectivity index (χ0) is 9.14. The summed E-state index contributed by atoms with van der Waals surface area (Å²) in [5.41, 5.74) is 1.78. The molecule has 0 fully saturated rings. The molecule has 0 aliphatic carbocycles. The van der Waals surface area contributed by atoms with Crippen LogP contribution in [0.25, 0.3) is 0 Å². The van der Waals surface area contributed by atoms with E-state index < -0.39 is 5.97 Å². The summed E-state index contributed by atoms with van der Waals surface area (Å²) in [7, 11) is 0. The van der Waals surface area contributed by atoms with Crippen LogP contribution in [0.2, 0.25) is 0 Å². The average molecular weight is 182 g/mol. The molecule has 0 aromatic heterocycles. The molecule has 1 aromatic carbocycles. The molecule has 12 heavy (non-hydrogen) atoms. The van der Waals surface area contributed by atoms with Crippen molar-refractivity contribution in [1.82, 2.24) is 0 Å². The second-order valence-electron chi connectivity index (χ2n) is 2.64. The van der Waals surface area contributed by atoms with Crippen LogP contribution in [-0.2, 0) is 11.2 Å². The number of carboxylic acids is 1. The van der Waals surface area contributed by atoms with Gasteiger partial charge in [0, 0.05) is 4.90 Å². The maximum absolute atomic E-state index is 10.4. The molecular formula is C9H10O2S. The molecule has 0 radical (unpaired) electrons. The van der Waals surface area contributed by atoms with Crippen molar-refractivity contribution in [1.29, 1.82) is 0 Å². The summed E-state index contributed by atoms with van der Waals surface area (Å²) in [5, 5.41) is 8.58. The van der Waals surface area contributed by atoms with E-state index in [4.69, 9.17) is 5.11 Å². The third-order valence-corrected chi connectivity index (χ3v) is 2.13. The second-order valence-corrected chi connectivity index (χ2v) is 3.12. The molecule has 0 aliphatic rings. The number of aliphatic carboxylic acids is 1. The van der Waals surface area contributed by atoms with Crippen molar-refractivity contribution in [2.45, 2.75) is 18.2 Å². The summed E-state index contributed by atoms with van der Waals surface area (Å²) >= 11 is 4.18. The molecule has 0 saturated carbocycles. The Kier molecular flexibility index (Phi) is 2.76. The predicted octanol–water partition coefficient (Wildman–Crippen LogP) is 1.91. The van der Waals surface area contributed by atoms with Crippen molar-refractivity contribution in [2.75, 3.05) is 0 Å². The van der Waals surface area contributed by atoms with E-state index in [-0.39, 0.29) is 6.42 Å². The first-order chi connectivity index (χ1) is 5.61. The van der Waals surface area contributed by atoms with Gasteiger partial charge in [-0.3, -0.25) is 4.79 Å². The molecule has 2 nitrogen and oxygen atoms in total. The van der Waals surface area contributed by atoms with Crippen molar-refractivity contribution >= 4 is 18.6 Å². The van der Waals surface area contributed by atoms with Gasteiger partial charge in [0.1, 0.15) is 0 Å². The van der Waals surface area contributed by atoms with E-state index in [1.165, 1.54) is 0 Å². The summed E-state index contributed by atoms with van der Waals surface area (Å²) in [4.78, 5) is 11.2. The Balaban J connectivity index is 3.04. The number of hydrogen-bond acceptors (Lipinski definition) is 2. The Hall–Kier alpha value is -0.960. The van der Waals surface area contributed by atoms with E-state index in [0.717, 1.165) is 16.0 Å². The highest BCUT2D eigenvalue weighted by Gasteiger charge is 2.06. The van der Waals surface area contributed by atoms with Crippen molar-refractivity contribution < 1.29 is 9.90 Å². The topological polar surface area (TPSA) is 37.3 Å². The van der Waals surface area contributed by atoms with Gasteiger partial charge in [-0.25, -0.2) is 0 Å². The Morgan fingerprint density at radius 1 is 1.58 bits per heavy atom. The highest BCUT2D eigenvalue weighted by molar-refractivity contribution is 7.80. The average Bonchev–Trinajstić information content (AvgIpc) is 1.97. The third kappa shape index (κ3) is 2.01. The molecule has 1 rings (SSSR count).